The molecule has 1 aliphatic heterocycles. The molecule has 0 bridgehead atoms. The largest absolute Gasteiger partial charge is 0.469 e. The number of nitrogens with zero attached hydrogens (tertiary/aromatic N) is 1. The third kappa shape index (κ3) is 9.21. The second-order valence-electron chi connectivity index (χ2n) is 10.8. The number of hydrogen-bond acceptors (Lipinski definition) is 8. The van der Waals surface area contributed by atoms with Gasteiger partial charge in [0.15, 0.2) is 0 Å². The van der Waals surface area contributed by atoms with Crippen LogP contribution in [0, 0.1) is 0 Å². The molecule has 2 rings (SSSR count). The Kier molecular flexibility index (Phi) is 12.9. The fourth-order valence-electron chi connectivity index (χ4n) is 5.37. The van der Waals surface area contributed by atoms with E-state index in [1.807, 2.05) is 19.1 Å². The van der Waals surface area contributed by atoms with Crippen LogP contribution in [0.3, 0.4) is 0 Å². The van der Waals surface area contributed by atoms with Crippen LogP contribution in [-0.2, 0) is 23.8 Å². The lowest BCUT2D eigenvalue weighted by Crippen LogP contribution is -2.66. The zero-order valence-electron chi connectivity index (χ0n) is 23.9. The third-order valence-electron chi connectivity index (χ3n) is 6.94. The highest BCUT2D eigenvalue weighted by Gasteiger charge is 2.52. The van der Waals surface area contributed by atoms with E-state index in [0.29, 0.717) is 19.6 Å². The number of aliphatic hydroxyl groups is 2. The monoisotopic (exact) mass is 521 g/mol. The molecule has 0 saturated carbocycles. The number of carbonyl (C=O) groups excluding carboxylic acids is 2. The predicted molar refractivity (Wildman–Crippen MR) is 144 cm³/mol. The Hall–Kier alpha value is -2.26. The lowest BCUT2D eigenvalue weighted by molar-refractivity contribution is -0.147. The van der Waals surface area contributed by atoms with Crippen molar-refractivity contribution in [3.05, 3.63) is 47.5 Å². The van der Waals surface area contributed by atoms with Crippen LogP contribution in [0.1, 0.15) is 84.0 Å². The van der Waals surface area contributed by atoms with Crippen LogP contribution in [-0.4, -0.2) is 78.2 Å². The summed E-state index contributed by atoms with van der Waals surface area (Å²) in [6.45, 7) is 17.8. The molecule has 3 unspecified atom stereocenters. The SMILES string of the molecule is C=C(C)COC(C)c1ccccc1C1C(O)CC(C)(C)N(CCO)C1(C)C.COC(=O)CCC(=O)OC. The molecule has 0 aliphatic carbocycles. The highest BCUT2D eigenvalue weighted by Crippen LogP contribution is 2.48. The molecule has 1 saturated heterocycles. The van der Waals surface area contributed by atoms with Gasteiger partial charge in [0.2, 0.25) is 0 Å². The quantitative estimate of drug-likeness (QED) is 0.349. The second-order valence-corrected chi connectivity index (χ2v) is 10.8. The standard InChI is InChI=1S/C23H37NO3.C6H10O4/c1-16(2)15-27-17(3)18-10-8-9-11-19(18)21-20(26)14-22(4,5)24(12-13-25)23(21,6)7;1-9-5(7)3-4-6(8)10-2/h8-11,17,20-21,25-26H,1,12-15H2,2-7H3;3-4H2,1-2H3. The molecule has 0 spiro atoms. The maximum Gasteiger partial charge on any atom is 0.306 e. The van der Waals surface area contributed by atoms with Crippen molar-refractivity contribution >= 4 is 11.9 Å². The molecule has 37 heavy (non-hydrogen) atoms. The van der Waals surface area contributed by atoms with Crippen LogP contribution in [0.15, 0.2) is 36.4 Å². The minimum Gasteiger partial charge on any atom is -0.469 e. The van der Waals surface area contributed by atoms with Gasteiger partial charge < -0.3 is 24.4 Å². The molecule has 1 fully saturated rings. The Labute approximate surface area is 222 Å². The van der Waals surface area contributed by atoms with E-state index >= 15 is 0 Å². The Morgan fingerprint density at radius 3 is 2.14 bits per heavy atom. The highest BCUT2D eigenvalue weighted by molar-refractivity contribution is 5.77. The van der Waals surface area contributed by atoms with Crippen molar-refractivity contribution < 1.29 is 34.0 Å². The number of likely N-dealkylation sites (tertiary alicyclic amines) is 1. The molecule has 0 amide bonds. The molecule has 1 heterocycles. The van der Waals surface area contributed by atoms with E-state index in [4.69, 9.17) is 4.74 Å². The highest BCUT2D eigenvalue weighted by atomic mass is 16.5. The normalized spacial score (nSPS) is 21.2. The number of β-amino-alcohol motifs (C(OH)–C–C–N with tert-alkyl or cyclic N) is 1. The smallest absolute Gasteiger partial charge is 0.306 e. The first-order valence-corrected chi connectivity index (χ1v) is 12.8. The van der Waals surface area contributed by atoms with E-state index in [1.165, 1.54) is 14.2 Å². The van der Waals surface area contributed by atoms with E-state index in [-0.39, 0.29) is 42.5 Å². The van der Waals surface area contributed by atoms with Gasteiger partial charge in [0, 0.05) is 23.5 Å². The molecule has 1 aliphatic rings. The van der Waals surface area contributed by atoms with Gasteiger partial charge >= 0.3 is 11.9 Å². The number of esters is 2. The maximum atomic E-state index is 11.2. The first kappa shape index (κ1) is 32.8. The average molecular weight is 522 g/mol. The fraction of sp³-hybridized carbons (Fsp3) is 0.655. The van der Waals surface area contributed by atoms with Gasteiger partial charge in [-0.05, 0) is 59.1 Å². The Morgan fingerprint density at radius 2 is 1.65 bits per heavy atom. The first-order valence-electron chi connectivity index (χ1n) is 12.8. The molecule has 8 heteroatoms. The van der Waals surface area contributed by atoms with Crippen molar-refractivity contribution in [3.63, 3.8) is 0 Å². The minimum atomic E-state index is -0.459. The summed E-state index contributed by atoms with van der Waals surface area (Å²) in [7, 11) is 2.55. The summed E-state index contributed by atoms with van der Waals surface area (Å²) < 4.78 is 14.6. The second kappa shape index (κ2) is 14.6. The molecule has 210 valence electrons. The number of hydrogen-bond donors (Lipinski definition) is 2. The van der Waals surface area contributed by atoms with E-state index in [1.54, 1.807) is 0 Å². The topological polar surface area (TPSA) is 106 Å². The Morgan fingerprint density at radius 1 is 1.11 bits per heavy atom. The van der Waals surface area contributed by atoms with Crippen molar-refractivity contribution in [1.29, 1.82) is 0 Å². The predicted octanol–water partition coefficient (Wildman–Crippen LogP) is 4.15. The summed E-state index contributed by atoms with van der Waals surface area (Å²) in [5.41, 5.74) is 2.74. The summed E-state index contributed by atoms with van der Waals surface area (Å²) in [4.78, 5) is 23.1. The number of ether oxygens (including phenoxy) is 3. The van der Waals surface area contributed by atoms with Crippen LogP contribution in [0.25, 0.3) is 0 Å². The first-order chi connectivity index (χ1) is 17.2. The lowest BCUT2D eigenvalue weighted by atomic mass is 9.67. The molecule has 3 atom stereocenters. The molecule has 0 aromatic heterocycles. The van der Waals surface area contributed by atoms with E-state index in [9.17, 15) is 19.8 Å². The van der Waals surface area contributed by atoms with Gasteiger partial charge in [-0.25, -0.2) is 0 Å². The molecular formula is C29H47NO7. The molecule has 8 nitrogen and oxygen atoms in total. The maximum absolute atomic E-state index is 11.2. The number of carbonyl (C=O) groups is 2. The lowest BCUT2D eigenvalue weighted by Gasteiger charge is -2.58. The molecule has 1 aromatic carbocycles. The molecule has 0 radical (unpaired) electrons. The summed E-state index contributed by atoms with van der Waals surface area (Å²) in [5.74, 6) is -0.861. The third-order valence-corrected chi connectivity index (χ3v) is 6.94. The van der Waals surface area contributed by atoms with Crippen LogP contribution in [0.5, 0.6) is 0 Å². The molecular weight excluding hydrogens is 474 g/mol. The fourth-order valence-corrected chi connectivity index (χ4v) is 5.37. The van der Waals surface area contributed by atoms with Crippen LogP contribution >= 0.6 is 0 Å². The van der Waals surface area contributed by atoms with Crippen molar-refractivity contribution in [3.8, 4) is 0 Å². The zero-order valence-corrected chi connectivity index (χ0v) is 23.9. The Bertz CT molecular complexity index is 880. The van der Waals surface area contributed by atoms with Crippen molar-refractivity contribution in [1.82, 2.24) is 4.90 Å². The van der Waals surface area contributed by atoms with Gasteiger partial charge in [0.25, 0.3) is 0 Å². The molecule has 1 aromatic rings. The molecule has 2 N–H and O–H groups in total. The number of rotatable bonds is 10. The van der Waals surface area contributed by atoms with Gasteiger partial charge in [-0.1, -0.05) is 36.4 Å². The van der Waals surface area contributed by atoms with Gasteiger partial charge in [0.05, 0.1) is 52.5 Å². The van der Waals surface area contributed by atoms with Gasteiger partial charge in [-0.2, -0.15) is 0 Å². The van der Waals surface area contributed by atoms with Crippen LogP contribution < -0.4 is 0 Å². The summed E-state index contributed by atoms with van der Waals surface area (Å²) in [6, 6.07) is 8.26. The van der Waals surface area contributed by atoms with Gasteiger partial charge in [-0.3, -0.25) is 14.5 Å². The van der Waals surface area contributed by atoms with Gasteiger partial charge in [0.1, 0.15) is 0 Å². The zero-order chi connectivity index (χ0) is 28.4. The average Bonchev–Trinajstić information content (AvgIpc) is 2.83. The summed E-state index contributed by atoms with van der Waals surface area (Å²) in [5, 5.41) is 20.8. The Balaban J connectivity index is 0.000000580. The van der Waals surface area contributed by atoms with E-state index in [2.05, 4.69) is 67.7 Å². The number of methoxy groups -OCH3 is 2. The number of aliphatic hydroxyl groups excluding tert-OH is 2. The van der Waals surface area contributed by atoms with Crippen molar-refractivity contribution in [2.45, 2.75) is 90.0 Å². The van der Waals surface area contributed by atoms with Gasteiger partial charge in [-0.15, -0.1) is 0 Å². The number of benzene rings is 1. The van der Waals surface area contributed by atoms with Crippen molar-refractivity contribution in [2.24, 2.45) is 0 Å². The number of piperidine rings is 1. The van der Waals surface area contributed by atoms with E-state index in [0.717, 1.165) is 16.7 Å². The summed E-state index contributed by atoms with van der Waals surface area (Å²) >= 11 is 0. The van der Waals surface area contributed by atoms with E-state index < -0.39 is 18.0 Å². The minimum absolute atomic E-state index is 0.0656. The van der Waals surface area contributed by atoms with Crippen molar-refractivity contribution in [2.75, 3.05) is 34.0 Å². The van der Waals surface area contributed by atoms with Crippen LogP contribution in [0.4, 0.5) is 0 Å². The summed E-state index contributed by atoms with van der Waals surface area (Å²) in [6.07, 6.45) is 0.296. The van der Waals surface area contributed by atoms with Crippen LogP contribution in [0.2, 0.25) is 0 Å².